The summed E-state index contributed by atoms with van der Waals surface area (Å²) in [5.41, 5.74) is -1.22. The SMILES string of the molecule is COc1ccc(NC(=O)c2c[nH]c(=O)n(Cc3ccco3)c2=O)cc1Cl. The summed E-state index contributed by atoms with van der Waals surface area (Å²) in [6.07, 6.45) is 2.50. The summed E-state index contributed by atoms with van der Waals surface area (Å²) < 4.78 is 11.1. The minimum absolute atomic E-state index is 0.0867. The molecule has 0 saturated heterocycles. The number of methoxy groups -OCH3 is 1. The Morgan fingerprint density at radius 3 is 2.81 bits per heavy atom. The molecular formula is C17H14ClN3O5. The van der Waals surface area contributed by atoms with Gasteiger partial charge in [-0.05, 0) is 30.3 Å². The molecule has 0 atom stereocenters. The molecule has 0 bridgehead atoms. The maximum atomic E-state index is 12.5. The molecule has 2 heterocycles. The first-order chi connectivity index (χ1) is 12.5. The number of aromatic nitrogens is 2. The van der Waals surface area contributed by atoms with Crippen molar-refractivity contribution < 1.29 is 13.9 Å². The van der Waals surface area contributed by atoms with Crippen LogP contribution in [0.4, 0.5) is 5.69 Å². The number of H-pyrrole nitrogens is 1. The van der Waals surface area contributed by atoms with Gasteiger partial charge in [-0.2, -0.15) is 0 Å². The van der Waals surface area contributed by atoms with Crippen molar-refractivity contribution in [3.63, 3.8) is 0 Å². The molecule has 2 aromatic heterocycles. The zero-order valence-electron chi connectivity index (χ0n) is 13.6. The highest BCUT2D eigenvalue weighted by atomic mass is 35.5. The summed E-state index contributed by atoms with van der Waals surface area (Å²) in [5, 5.41) is 2.87. The highest BCUT2D eigenvalue weighted by Crippen LogP contribution is 2.27. The Morgan fingerprint density at radius 2 is 2.15 bits per heavy atom. The zero-order valence-corrected chi connectivity index (χ0v) is 14.4. The molecule has 0 spiro atoms. The highest BCUT2D eigenvalue weighted by Gasteiger charge is 2.16. The molecule has 9 heteroatoms. The molecule has 0 aliphatic rings. The number of benzene rings is 1. The van der Waals surface area contributed by atoms with E-state index in [-0.39, 0.29) is 12.1 Å². The van der Waals surface area contributed by atoms with E-state index in [2.05, 4.69) is 10.3 Å². The Hall–Kier alpha value is -3.26. The van der Waals surface area contributed by atoms with Crippen molar-refractivity contribution in [1.82, 2.24) is 9.55 Å². The molecule has 8 nitrogen and oxygen atoms in total. The first-order valence-corrected chi connectivity index (χ1v) is 7.87. The lowest BCUT2D eigenvalue weighted by Gasteiger charge is -2.09. The van der Waals surface area contributed by atoms with E-state index in [9.17, 15) is 14.4 Å². The summed E-state index contributed by atoms with van der Waals surface area (Å²) in [7, 11) is 1.47. The average molecular weight is 376 g/mol. The molecule has 0 aliphatic heterocycles. The number of nitrogens with one attached hydrogen (secondary N) is 2. The van der Waals surface area contributed by atoms with Gasteiger partial charge < -0.3 is 19.5 Å². The highest BCUT2D eigenvalue weighted by molar-refractivity contribution is 6.32. The van der Waals surface area contributed by atoms with Gasteiger partial charge in [0.1, 0.15) is 17.1 Å². The van der Waals surface area contributed by atoms with Crippen LogP contribution < -0.4 is 21.3 Å². The molecule has 0 fully saturated rings. The predicted octanol–water partition coefficient (Wildman–Crippen LogP) is 2.09. The zero-order chi connectivity index (χ0) is 18.7. The van der Waals surface area contributed by atoms with Crippen LogP contribution in [0.5, 0.6) is 5.75 Å². The van der Waals surface area contributed by atoms with Crippen LogP contribution in [-0.2, 0) is 6.54 Å². The summed E-state index contributed by atoms with van der Waals surface area (Å²) >= 11 is 6.02. The van der Waals surface area contributed by atoms with Crippen LogP contribution in [0.3, 0.4) is 0 Å². The first-order valence-electron chi connectivity index (χ1n) is 7.49. The maximum Gasteiger partial charge on any atom is 0.328 e. The van der Waals surface area contributed by atoms with Crippen LogP contribution >= 0.6 is 11.6 Å². The Labute approximate surface area is 152 Å². The van der Waals surface area contributed by atoms with E-state index in [1.54, 1.807) is 24.3 Å². The molecule has 1 amide bonds. The third kappa shape index (κ3) is 3.55. The van der Waals surface area contributed by atoms with Crippen molar-refractivity contribution >= 4 is 23.2 Å². The van der Waals surface area contributed by atoms with Crippen molar-refractivity contribution in [2.45, 2.75) is 6.54 Å². The third-order valence-corrected chi connectivity index (χ3v) is 3.90. The molecule has 0 saturated carbocycles. The van der Waals surface area contributed by atoms with Gasteiger partial charge in [-0.25, -0.2) is 4.79 Å². The molecule has 0 aliphatic carbocycles. The van der Waals surface area contributed by atoms with E-state index in [4.69, 9.17) is 20.8 Å². The van der Waals surface area contributed by atoms with Gasteiger partial charge in [-0.1, -0.05) is 11.6 Å². The molecule has 2 N–H and O–H groups in total. The Morgan fingerprint density at radius 1 is 1.35 bits per heavy atom. The fraction of sp³-hybridized carbons (Fsp3) is 0.118. The number of aromatic amines is 1. The lowest BCUT2D eigenvalue weighted by molar-refractivity contribution is 0.102. The number of halogens is 1. The van der Waals surface area contributed by atoms with E-state index in [0.717, 1.165) is 10.8 Å². The molecule has 134 valence electrons. The lowest BCUT2D eigenvalue weighted by Crippen LogP contribution is -2.39. The normalized spacial score (nSPS) is 10.5. The number of furan rings is 1. The van der Waals surface area contributed by atoms with Gasteiger partial charge in [0.25, 0.3) is 11.5 Å². The van der Waals surface area contributed by atoms with Gasteiger partial charge in [0, 0.05) is 11.9 Å². The Bertz CT molecular complexity index is 1050. The second-order valence-electron chi connectivity index (χ2n) is 5.28. The number of hydrogen-bond acceptors (Lipinski definition) is 5. The van der Waals surface area contributed by atoms with Crippen LogP contribution in [0.15, 0.2) is 56.8 Å². The largest absolute Gasteiger partial charge is 0.495 e. The van der Waals surface area contributed by atoms with Crippen molar-refractivity contribution in [3.05, 3.63) is 80.0 Å². The minimum Gasteiger partial charge on any atom is -0.495 e. The van der Waals surface area contributed by atoms with Crippen LogP contribution in [0.1, 0.15) is 16.1 Å². The van der Waals surface area contributed by atoms with Crippen LogP contribution in [-0.4, -0.2) is 22.6 Å². The standard InChI is InChI=1S/C17H14ClN3O5/c1-25-14-5-4-10(7-13(14)18)20-15(22)12-8-19-17(24)21(16(12)23)9-11-3-2-6-26-11/h2-8H,9H2,1H3,(H,19,24)(H,20,22). The molecule has 1 aromatic carbocycles. The third-order valence-electron chi connectivity index (χ3n) is 3.61. The number of carbonyl (C=O) groups excluding carboxylic acids is 1. The maximum absolute atomic E-state index is 12.5. The molecule has 0 unspecified atom stereocenters. The fourth-order valence-electron chi connectivity index (χ4n) is 2.32. The van der Waals surface area contributed by atoms with Gasteiger partial charge in [0.05, 0.1) is 24.9 Å². The number of rotatable bonds is 5. The summed E-state index contributed by atoms with van der Waals surface area (Å²) in [6, 6.07) is 7.91. The fourth-order valence-corrected chi connectivity index (χ4v) is 2.58. The second-order valence-corrected chi connectivity index (χ2v) is 5.69. The lowest BCUT2D eigenvalue weighted by atomic mass is 10.2. The van der Waals surface area contributed by atoms with Crippen LogP contribution in [0.25, 0.3) is 0 Å². The van der Waals surface area contributed by atoms with Crippen LogP contribution in [0, 0.1) is 0 Å². The number of carbonyl (C=O) groups is 1. The number of anilines is 1. The molecule has 26 heavy (non-hydrogen) atoms. The molecule has 3 aromatic rings. The Balaban J connectivity index is 1.89. The topological polar surface area (TPSA) is 106 Å². The van der Waals surface area contributed by atoms with Crippen molar-refractivity contribution in [2.75, 3.05) is 12.4 Å². The Kier molecular flexibility index (Phi) is 4.94. The monoisotopic (exact) mass is 375 g/mol. The number of nitrogens with zero attached hydrogens (tertiary/aromatic N) is 1. The van der Waals surface area contributed by atoms with Crippen LogP contribution in [0.2, 0.25) is 5.02 Å². The predicted molar refractivity (Wildman–Crippen MR) is 95.1 cm³/mol. The minimum atomic E-state index is -0.734. The van der Waals surface area contributed by atoms with Crippen molar-refractivity contribution in [1.29, 1.82) is 0 Å². The number of ether oxygens (including phenoxy) is 1. The molecular weight excluding hydrogens is 362 g/mol. The quantitative estimate of drug-likeness (QED) is 0.710. The van der Waals surface area contributed by atoms with Gasteiger partial charge in [0.2, 0.25) is 0 Å². The van der Waals surface area contributed by atoms with Gasteiger partial charge in [0.15, 0.2) is 0 Å². The number of hydrogen-bond donors (Lipinski definition) is 2. The van der Waals surface area contributed by atoms with Gasteiger partial charge in [-0.15, -0.1) is 0 Å². The van der Waals surface area contributed by atoms with E-state index >= 15 is 0 Å². The van der Waals surface area contributed by atoms with E-state index in [1.807, 2.05) is 0 Å². The van der Waals surface area contributed by atoms with E-state index in [0.29, 0.717) is 22.2 Å². The number of amides is 1. The van der Waals surface area contributed by atoms with Gasteiger partial charge in [-0.3, -0.25) is 14.2 Å². The van der Waals surface area contributed by atoms with E-state index in [1.165, 1.54) is 19.4 Å². The molecule has 0 radical (unpaired) electrons. The summed E-state index contributed by atoms with van der Waals surface area (Å²) in [5.74, 6) is 0.187. The smallest absolute Gasteiger partial charge is 0.328 e. The first kappa shape index (κ1) is 17.6. The van der Waals surface area contributed by atoms with Crippen molar-refractivity contribution in [3.8, 4) is 5.75 Å². The summed E-state index contributed by atoms with van der Waals surface area (Å²) in [6.45, 7) is -0.0867. The molecule has 3 rings (SSSR count). The average Bonchev–Trinajstić information content (AvgIpc) is 3.12. The van der Waals surface area contributed by atoms with E-state index < -0.39 is 17.2 Å². The second kappa shape index (κ2) is 7.32. The van der Waals surface area contributed by atoms with Crippen molar-refractivity contribution in [2.24, 2.45) is 0 Å². The van der Waals surface area contributed by atoms with Gasteiger partial charge >= 0.3 is 5.69 Å². The summed E-state index contributed by atoms with van der Waals surface area (Å²) in [4.78, 5) is 39.2.